The molecule has 0 saturated heterocycles. The summed E-state index contributed by atoms with van der Waals surface area (Å²) in [7, 11) is 0. The number of carbonyl (C=O) groups excluding carboxylic acids is 1. The van der Waals surface area contributed by atoms with E-state index in [0.717, 1.165) is 44.9 Å². The van der Waals surface area contributed by atoms with Crippen LogP contribution >= 0.6 is 0 Å². The number of nitrogens with one attached hydrogen (secondary N) is 1. The summed E-state index contributed by atoms with van der Waals surface area (Å²) in [4.78, 5) is 12.4. The zero-order valence-electron chi connectivity index (χ0n) is 29.0. The van der Waals surface area contributed by atoms with Crippen LogP contribution in [-0.2, 0) is 4.79 Å². The van der Waals surface area contributed by atoms with Crippen molar-refractivity contribution in [3.05, 3.63) is 36.5 Å². The normalized spacial score (nSPS) is 14.2. The minimum atomic E-state index is -1.10. The molecule has 0 aromatic rings. The lowest BCUT2D eigenvalue weighted by Gasteiger charge is -2.21. The molecule has 0 aliphatic rings. The predicted octanol–water partition coefficient (Wildman–Crippen LogP) is 10.0. The van der Waals surface area contributed by atoms with Crippen molar-refractivity contribution >= 4 is 5.91 Å². The molecule has 5 nitrogen and oxygen atoms in total. The molecular weight excluding hydrogens is 546 g/mol. The third kappa shape index (κ3) is 29.3. The van der Waals surface area contributed by atoms with Crippen molar-refractivity contribution in [1.29, 1.82) is 0 Å². The highest BCUT2D eigenvalue weighted by molar-refractivity contribution is 5.80. The average Bonchev–Trinajstić information content (AvgIpc) is 3.03. The predicted molar refractivity (Wildman–Crippen MR) is 190 cm³/mol. The molecule has 0 aliphatic heterocycles. The summed E-state index contributed by atoms with van der Waals surface area (Å²) in [5.74, 6) is -0.508. The molecule has 3 unspecified atom stereocenters. The number of allylic oxidation sites excluding steroid dienone is 5. The molecular formula is C39H73NO4. The molecule has 0 heterocycles. The number of hydrogen-bond acceptors (Lipinski definition) is 4. The van der Waals surface area contributed by atoms with Gasteiger partial charge < -0.3 is 20.6 Å². The Morgan fingerprint density at radius 1 is 0.591 bits per heavy atom. The van der Waals surface area contributed by atoms with Crippen LogP contribution in [0.3, 0.4) is 0 Å². The van der Waals surface area contributed by atoms with E-state index in [2.05, 4.69) is 43.5 Å². The van der Waals surface area contributed by atoms with Gasteiger partial charge >= 0.3 is 0 Å². The van der Waals surface area contributed by atoms with Crippen LogP contribution in [0.25, 0.3) is 0 Å². The maximum Gasteiger partial charge on any atom is 0.249 e. The fraction of sp³-hybridized carbons (Fsp3) is 0.821. The summed E-state index contributed by atoms with van der Waals surface area (Å²) >= 11 is 0. The second-order valence-electron chi connectivity index (χ2n) is 12.8. The summed E-state index contributed by atoms with van der Waals surface area (Å²) in [5.41, 5.74) is 0. The maximum atomic E-state index is 12.4. The van der Waals surface area contributed by atoms with Gasteiger partial charge in [0.05, 0.1) is 18.8 Å². The Kier molecular flexibility index (Phi) is 33.3. The number of carbonyl (C=O) groups is 1. The van der Waals surface area contributed by atoms with Crippen LogP contribution in [0, 0.1) is 0 Å². The lowest BCUT2D eigenvalue weighted by atomic mass is 10.0. The summed E-state index contributed by atoms with van der Waals surface area (Å²) in [6, 6.07) is -0.794. The van der Waals surface area contributed by atoms with Gasteiger partial charge in [-0.3, -0.25) is 4.79 Å². The molecule has 258 valence electrons. The molecule has 0 bridgehead atoms. The molecule has 0 saturated carbocycles. The second-order valence-corrected chi connectivity index (χ2v) is 12.8. The Hall–Kier alpha value is -1.43. The first-order valence-electron chi connectivity index (χ1n) is 18.8. The van der Waals surface area contributed by atoms with Gasteiger partial charge in [0.2, 0.25) is 5.91 Å². The van der Waals surface area contributed by atoms with E-state index in [0.29, 0.717) is 6.42 Å². The first kappa shape index (κ1) is 42.6. The fourth-order valence-corrected chi connectivity index (χ4v) is 5.51. The molecule has 0 spiro atoms. The standard InChI is InChI=1S/C39H73NO4/c1-3-5-7-9-11-13-15-16-17-18-19-20-21-22-23-24-26-28-30-32-34-38(43)39(44)40-36(35-41)37(42)33-31-29-27-25-14-12-10-8-6-4-2/h5,7,11,13,31,33,36-38,41-43H,3-4,6,8-10,12,14-30,32,34-35H2,1-2H3,(H,40,44)/b7-5-,13-11-,33-31+. The van der Waals surface area contributed by atoms with Gasteiger partial charge in [0.15, 0.2) is 0 Å². The van der Waals surface area contributed by atoms with Crippen LogP contribution in [0.5, 0.6) is 0 Å². The molecule has 0 aromatic heterocycles. The van der Waals surface area contributed by atoms with Gasteiger partial charge in [-0.2, -0.15) is 0 Å². The highest BCUT2D eigenvalue weighted by atomic mass is 16.3. The number of aliphatic hydroxyl groups excluding tert-OH is 3. The lowest BCUT2D eigenvalue weighted by Crippen LogP contribution is -2.48. The van der Waals surface area contributed by atoms with E-state index < -0.39 is 24.2 Å². The lowest BCUT2D eigenvalue weighted by molar-refractivity contribution is -0.131. The number of hydrogen-bond donors (Lipinski definition) is 4. The molecule has 3 atom stereocenters. The van der Waals surface area contributed by atoms with Crippen molar-refractivity contribution in [3.8, 4) is 0 Å². The highest BCUT2D eigenvalue weighted by Crippen LogP contribution is 2.14. The largest absolute Gasteiger partial charge is 0.394 e. The Morgan fingerprint density at radius 2 is 1.05 bits per heavy atom. The van der Waals surface area contributed by atoms with Gasteiger partial charge in [0.1, 0.15) is 6.10 Å². The SMILES string of the molecule is CC/C=C\C/C=C\CCCCCCCCCCCCCCCC(O)C(=O)NC(CO)C(O)/C=C/CCCCCCCCCC. The second kappa shape index (κ2) is 34.4. The van der Waals surface area contributed by atoms with Gasteiger partial charge in [0.25, 0.3) is 0 Å². The number of aliphatic hydroxyl groups is 3. The van der Waals surface area contributed by atoms with E-state index in [1.807, 2.05) is 6.08 Å². The van der Waals surface area contributed by atoms with Crippen LogP contribution < -0.4 is 5.32 Å². The molecule has 1 amide bonds. The van der Waals surface area contributed by atoms with E-state index in [1.54, 1.807) is 6.08 Å². The van der Waals surface area contributed by atoms with Crippen LogP contribution in [-0.4, -0.2) is 46.1 Å². The Bertz CT molecular complexity index is 690. The topological polar surface area (TPSA) is 89.8 Å². The smallest absolute Gasteiger partial charge is 0.249 e. The van der Waals surface area contributed by atoms with E-state index in [9.17, 15) is 20.1 Å². The van der Waals surface area contributed by atoms with Crippen LogP contribution in [0.1, 0.15) is 181 Å². The number of amides is 1. The zero-order chi connectivity index (χ0) is 32.4. The highest BCUT2D eigenvalue weighted by Gasteiger charge is 2.22. The number of unbranched alkanes of at least 4 members (excludes halogenated alkanes) is 21. The van der Waals surface area contributed by atoms with Crippen LogP contribution in [0.4, 0.5) is 0 Å². The summed E-state index contributed by atoms with van der Waals surface area (Å²) in [6.45, 7) is 4.04. The first-order valence-corrected chi connectivity index (χ1v) is 18.8. The fourth-order valence-electron chi connectivity index (χ4n) is 5.51. The van der Waals surface area contributed by atoms with E-state index in [-0.39, 0.29) is 6.61 Å². The van der Waals surface area contributed by atoms with Crippen LogP contribution in [0.2, 0.25) is 0 Å². The third-order valence-corrected chi connectivity index (χ3v) is 8.49. The maximum absolute atomic E-state index is 12.4. The Morgan fingerprint density at radius 3 is 1.55 bits per heavy atom. The van der Waals surface area contributed by atoms with E-state index >= 15 is 0 Å². The monoisotopic (exact) mass is 620 g/mol. The van der Waals surface area contributed by atoms with Gasteiger partial charge in [-0.15, -0.1) is 0 Å². The third-order valence-electron chi connectivity index (χ3n) is 8.49. The van der Waals surface area contributed by atoms with Crippen molar-refractivity contribution < 1.29 is 20.1 Å². The van der Waals surface area contributed by atoms with E-state index in [4.69, 9.17) is 0 Å². The van der Waals surface area contributed by atoms with Crippen molar-refractivity contribution in [2.45, 2.75) is 199 Å². The van der Waals surface area contributed by atoms with Crippen molar-refractivity contribution in [3.63, 3.8) is 0 Å². The molecule has 44 heavy (non-hydrogen) atoms. The molecule has 0 aromatic carbocycles. The number of rotatable bonds is 33. The average molecular weight is 620 g/mol. The van der Waals surface area contributed by atoms with Gasteiger partial charge in [0, 0.05) is 0 Å². The van der Waals surface area contributed by atoms with E-state index in [1.165, 1.54) is 116 Å². The Labute approximate surface area is 273 Å². The minimum absolute atomic E-state index is 0.364. The summed E-state index contributed by atoms with van der Waals surface area (Å²) in [6.07, 6.45) is 41.7. The van der Waals surface area contributed by atoms with Crippen molar-refractivity contribution in [1.82, 2.24) is 5.32 Å². The minimum Gasteiger partial charge on any atom is -0.394 e. The quantitative estimate of drug-likeness (QED) is 0.0435. The summed E-state index contributed by atoms with van der Waals surface area (Å²) < 4.78 is 0. The van der Waals surface area contributed by atoms with Gasteiger partial charge in [-0.25, -0.2) is 0 Å². The molecule has 0 aliphatic carbocycles. The van der Waals surface area contributed by atoms with Crippen molar-refractivity contribution in [2.24, 2.45) is 0 Å². The van der Waals surface area contributed by atoms with Crippen molar-refractivity contribution in [2.75, 3.05) is 6.61 Å². The molecule has 0 fully saturated rings. The molecule has 5 heteroatoms. The molecule has 0 rings (SSSR count). The molecule has 4 N–H and O–H groups in total. The first-order chi connectivity index (χ1) is 21.6. The van der Waals surface area contributed by atoms with Crippen LogP contribution in [0.15, 0.2) is 36.5 Å². The Balaban J connectivity index is 3.67. The van der Waals surface area contributed by atoms with Gasteiger partial charge in [-0.05, 0) is 44.9 Å². The zero-order valence-corrected chi connectivity index (χ0v) is 29.0. The van der Waals surface area contributed by atoms with Gasteiger partial charge in [-0.1, -0.05) is 172 Å². The molecule has 0 radical (unpaired) electrons. The summed E-state index contributed by atoms with van der Waals surface area (Å²) in [5, 5.41) is 32.9.